The number of aromatic nitrogens is 2. The van der Waals surface area contributed by atoms with Gasteiger partial charge in [-0.25, -0.2) is 4.98 Å². The summed E-state index contributed by atoms with van der Waals surface area (Å²) in [5, 5.41) is 0. The van der Waals surface area contributed by atoms with Crippen molar-refractivity contribution in [2.45, 2.75) is 50.0 Å². The van der Waals surface area contributed by atoms with E-state index in [1.807, 2.05) is 24.0 Å². The van der Waals surface area contributed by atoms with Gasteiger partial charge in [0.1, 0.15) is 5.82 Å². The summed E-state index contributed by atoms with van der Waals surface area (Å²) < 4.78 is 2.27. The van der Waals surface area contributed by atoms with Crippen molar-refractivity contribution < 1.29 is 4.79 Å². The number of hydrogen-bond donors (Lipinski definition) is 0. The second kappa shape index (κ2) is 9.09. The molecule has 1 atom stereocenters. The molecule has 1 aromatic carbocycles. The Morgan fingerprint density at radius 1 is 1.32 bits per heavy atom. The molecule has 25 heavy (non-hydrogen) atoms. The molecule has 0 N–H and O–H groups in total. The number of likely N-dealkylation sites (tertiary alicyclic amines) is 1. The Kier molecular flexibility index (Phi) is 6.56. The van der Waals surface area contributed by atoms with Gasteiger partial charge in [-0.15, -0.1) is 11.8 Å². The molecule has 0 aliphatic carbocycles. The minimum Gasteiger partial charge on any atom is -0.341 e. The van der Waals surface area contributed by atoms with Crippen LogP contribution in [0.25, 0.3) is 0 Å². The molecule has 1 fully saturated rings. The lowest BCUT2D eigenvalue weighted by molar-refractivity contribution is -0.132. The predicted octanol–water partition coefficient (Wildman–Crippen LogP) is 4.18. The van der Waals surface area contributed by atoms with Crippen LogP contribution >= 0.6 is 11.8 Å². The lowest BCUT2D eigenvalue weighted by atomic mass is 10.0. The molecule has 1 saturated heterocycles. The van der Waals surface area contributed by atoms with Crippen LogP contribution in [0.2, 0.25) is 0 Å². The summed E-state index contributed by atoms with van der Waals surface area (Å²) in [6.45, 7) is 3.86. The van der Waals surface area contributed by atoms with Crippen LogP contribution < -0.4 is 0 Å². The van der Waals surface area contributed by atoms with Crippen LogP contribution in [0, 0.1) is 0 Å². The number of benzene rings is 1. The van der Waals surface area contributed by atoms with Gasteiger partial charge >= 0.3 is 0 Å². The topological polar surface area (TPSA) is 38.1 Å². The molecule has 1 aromatic heterocycles. The molecule has 4 nitrogen and oxygen atoms in total. The Balaban J connectivity index is 1.45. The molecule has 134 valence electrons. The molecule has 0 bridgehead atoms. The van der Waals surface area contributed by atoms with E-state index in [0.717, 1.165) is 50.4 Å². The second-order valence-corrected chi connectivity index (χ2v) is 7.67. The smallest absolute Gasteiger partial charge is 0.222 e. The first-order valence-corrected chi connectivity index (χ1v) is 10.2. The van der Waals surface area contributed by atoms with Gasteiger partial charge in [-0.3, -0.25) is 4.79 Å². The molecule has 1 aliphatic rings. The Bertz CT molecular complexity index is 671. The van der Waals surface area contributed by atoms with Gasteiger partial charge in [0.15, 0.2) is 0 Å². The molecule has 0 saturated carbocycles. The monoisotopic (exact) mass is 357 g/mol. The summed E-state index contributed by atoms with van der Waals surface area (Å²) in [5.41, 5.74) is 0. The molecule has 1 amide bonds. The van der Waals surface area contributed by atoms with Gasteiger partial charge < -0.3 is 9.47 Å². The highest BCUT2D eigenvalue weighted by Gasteiger charge is 2.25. The van der Waals surface area contributed by atoms with Gasteiger partial charge in [0.05, 0.1) is 6.04 Å². The molecular weight excluding hydrogens is 330 g/mol. The molecular formula is C20H27N3OS. The second-order valence-electron chi connectivity index (χ2n) is 6.51. The molecule has 1 aliphatic heterocycles. The maximum absolute atomic E-state index is 12.6. The van der Waals surface area contributed by atoms with Gasteiger partial charge in [-0.1, -0.05) is 25.1 Å². The third-order valence-electron chi connectivity index (χ3n) is 4.75. The van der Waals surface area contributed by atoms with Crippen molar-refractivity contribution in [2.24, 2.45) is 0 Å². The molecule has 3 rings (SSSR count). The Hall–Kier alpha value is -1.75. The summed E-state index contributed by atoms with van der Waals surface area (Å²) in [6.07, 6.45) is 8.68. The number of carbonyl (C=O) groups excluding carboxylic acids is 1. The van der Waals surface area contributed by atoms with E-state index >= 15 is 0 Å². The van der Waals surface area contributed by atoms with Crippen molar-refractivity contribution in [3.05, 3.63) is 48.5 Å². The number of thioether (sulfide) groups is 1. The van der Waals surface area contributed by atoms with E-state index in [4.69, 9.17) is 0 Å². The van der Waals surface area contributed by atoms with Gasteiger partial charge in [0, 0.05) is 43.2 Å². The molecule has 0 spiro atoms. The fourth-order valence-electron chi connectivity index (χ4n) is 3.45. The lowest BCUT2D eigenvalue weighted by Gasteiger charge is -2.34. The van der Waals surface area contributed by atoms with Crippen molar-refractivity contribution in [2.75, 3.05) is 18.8 Å². The first kappa shape index (κ1) is 18.1. The van der Waals surface area contributed by atoms with E-state index in [9.17, 15) is 4.79 Å². The van der Waals surface area contributed by atoms with E-state index < -0.39 is 0 Å². The fraction of sp³-hybridized carbons (Fsp3) is 0.500. The quantitative estimate of drug-likeness (QED) is 0.551. The Labute approximate surface area is 154 Å². The molecule has 2 heterocycles. The summed E-state index contributed by atoms with van der Waals surface area (Å²) in [6, 6.07) is 10.8. The maximum atomic E-state index is 12.6. The van der Waals surface area contributed by atoms with Crippen LogP contribution in [-0.4, -0.2) is 39.2 Å². The number of rotatable bonds is 7. The minimum absolute atomic E-state index is 0.302. The summed E-state index contributed by atoms with van der Waals surface area (Å²) >= 11 is 1.83. The number of carbonyl (C=O) groups is 1. The number of aryl methyl sites for hydroxylation is 1. The highest BCUT2D eigenvalue weighted by molar-refractivity contribution is 7.99. The van der Waals surface area contributed by atoms with Gasteiger partial charge in [0.2, 0.25) is 5.91 Å². The predicted molar refractivity (Wildman–Crippen MR) is 103 cm³/mol. The van der Waals surface area contributed by atoms with Crippen molar-refractivity contribution in [3.63, 3.8) is 0 Å². The van der Waals surface area contributed by atoms with Crippen molar-refractivity contribution in [1.82, 2.24) is 14.5 Å². The van der Waals surface area contributed by atoms with Crippen LogP contribution in [0.1, 0.15) is 44.5 Å². The van der Waals surface area contributed by atoms with Crippen molar-refractivity contribution >= 4 is 17.7 Å². The number of imidazole rings is 1. The van der Waals surface area contributed by atoms with Crippen LogP contribution in [0.3, 0.4) is 0 Å². The zero-order valence-electron chi connectivity index (χ0n) is 14.9. The standard InChI is InChI=1S/C20H27N3OS/c1-2-19-21-12-14-23(19)17-8-6-13-22(16-17)20(24)11-7-15-25-18-9-4-3-5-10-18/h3-5,9-10,12,14,17H,2,6-8,11,13,15-16H2,1H3. The number of amides is 1. The zero-order valence-corrected chi connectivity index (χ0v) is 15.8. The van der Waals surface area contributed by atoms with Gasteiger partial charge in [0.25, 0.3) is 0 Å². The Morgan fingerprint density at radius 3 is 2.96 bits per heavy atom. The third kappa shape index (κ3) is 4.88. The van der Waals surface area contributed by atoms with Gasteiger partial charge in [-0.05, 0) is 37.1 Å². The van der Waals surface area contributed by atoms with Crippen LogP contribution in [0.4, 0.5) is 0 Å². The Morgan fingerprint density at radius 2 is 2.16 bits per heavy atom. The first-order chi connectivity index (χ1) is 12.3. The summed E-state index contributed by atoms with van der Waals surface area (Å²) in [7, 11) is 0. The van der Waals surface area contributed by atoms with Crippen LogP contribution in [-0.2, 0) is 11.2 Å². The zero-order chi connectivity index (χ0) is 17.5. The largest absolute Gasteiger partial charge is 0.341 e. The van der Waals surface area contributed by atoms with E-state index in [2.05, 4.69) is 51.8 Å². The highest BCUT2D eigenvalue weighted by Crippen LogP contribution is 2.24. The summed E-state index contributed by atoms with van der Waals surface area (Å²) in [5.74, 6) is 2.42. The SMILES string of the molecule is CCc1nccn1C1CCCN(C(=O)CCCSc2ccccc2)C1. The van der Waals surface area contributed by atoms with E-state index in [-0.39, 0.29) is 0 Å². The van der Waals surface area contributed by atoms with E-state index in [1.165, 1.54) is 4.90 Å². The summed E-state index contributed by atoms with van der Waals surface area (Å²) in [4.78, 5) is 20.3. The molecule has 2 aromatic rings. The normalized spacial score (nSPS) is 17.6. The van der Waals surface area contributed by atoms with E-state index in [1.54, 1.807) is 0 Å². The van der Waals surface area contributed by atoms with Crippen molar-refractivity contribution in [1.29, 1.82) is 0 Å². The molecule has 0 radical (unpaired) electrons. The minimum atomic E-state index is 0.302. The lowest BCUT2D eigenvalue weighted by Crippen LogP contribution is -2.40. The molecule has 5 heteroatoms. The molecule has 1 unspecified atom stereocenters. The maximum Gasteiger partial charge on any atom is 0.222 e. The van der Waals surface area contributed by atoms with Gasteiger partial charge in [-0.2, -0.15) is 0 Å². The number of piperidine rings is 1. The average molecular weight is 358 g/mol. The van der Waals surface area contributed by atoms with E-state index in [0.29, 0.717) is 18.4 Å². The first-order valence-electron chi connectivity index (χ1n) is 9.25. The van der Waals surface area contributed by atoms with Crippen molar-refractivity contribution in [3.8, 4) is 0 Å². The number of hydrogen-bond acceptors (Lipinski definition) is 3. The fourth-order valence-corrected chi connectivity index (χ4v) is 4.32. The van der Waals surface area contributed by atoms with Crippen LogP contribution in [0.15, 0.2) is 47.6 Å². The number of nitrogens with zero attached hydrogens (tertiary/aromatic N) is 3. The third-order valence-corrected chi connectivity index (χ3v) is 5.85. The van der Waals surface area contributed by atoms with Crippen LogP contribution in [0.5, 0.6) is 0 Å². The highest BCUT2D eigenvalue weighted by atomic mass is 32.2. The average Bonchev–Trinajstić information content (AvgIpc) is 3.15.